The molecule has 4 heteroatoms. The van der Waals surface area contributed by atoms with Crippen molar-refractivity contribution in [3.63, 3.8) is 0 Å². The average molecular weight is 186 g/mol. The number of esters is 1. The first-order chi connectivity index (χ1) is 6.02. The number of benzene rings is 1. The summed E-state index contributed by atoms with van der Waals surface area (Å²) in [6, 6.07) is 2.56. The second-order valence-electron chi connectivity index (χ2n) is 2.60. The quantitative estimate of drug-likeness (QED) is 0.496. The Morgan fingerprint density at radius 1 is 1.31 bits per heavy atom. The molecule has 1 aromatic rings. The van der Waals surface area contributed by atoms with E-state index in [1.807, 2.05) is 0 Å². The molecule has 0 aromatic heterocycles. The summed E-state index contributed by atoms with van der Waals surface area (Å²) < 4.78 is 30.3. The van der Waals surface area contributed by atoms with Crippen LogP contribution in [-0.2, 0) is 4.79 Å². The van der Waals surface area contributed by atoms with Crippen LogP contribution in [0, 0.1) is 18.6 Å². The van der Waals surface area contributed by atoms with Crippen molar-refractivity contribution in [1.29, 1.82) is 0 Å². The van der Waals surface area contributed by atoms with Crippen LogP contribution in [0.4, 0.5) is 8.78 Å². The minimum absolute atomic E-state index is 0.174. The van der Waals surface area contributed by atoms with Gasteiger partial charge in [-0.2, -0.15) is 4.39 Å². The lowest BCUT2D eigenvalue weighted by Crippen LogP contribution is -2.04. The van der Waals surface area contributed by atoms with E-state index < -0.39 is 17.6 Å². The smallest absolute Gasteiger partial charge is 0.308 e. The highest BCUT2D eigenvalue weighted by atomic mass is 19.2. The molecule has 0 unspecified atom stereocenters. The molecule has 0 amide bonds. The average Bonchev–Trinajstić information content (AvgIpc) is 2.06. The van der Waals surface area contributed by atoms with Gasteiger partial charge in [-0.05, 0) is 18.6 Å². The molecule has 0 aliphatic heterocycles. The van der Waals surface area contributed by atoms with Gasteiger partial charge in [-0.15, -0.1) is 0 Å². The Morgan fingerprint density at radius 2 is 1.92 bits per heavy atom. The third-order valence-electron chi connectivity index (χ3n) is 1.49. The molecular formula is C9H8F2O2. The summed E-state index contributed by atoms with van der Waals surface area (Å²) in [6.45, 7) is 2.55. The first-order valence-electron chi connectivity index (χ1n) is 3.65. The highest BCUT2D eigenvalue weighted by molar-refractivity contribution is 5.69. The lowest BCUT2D eigenvalue weighted by Gasteiger charge is -2.04. The maximum absolute atomic E-state index is 13.0. The molecule has 0 heterocycles. The van der Waals surface area contributed by atoms with Gasteiger partial charge in [-0.3, -0.25) is 4.79 Å². The van der Waals surface area contributed by atoms with Gasteiger partial charge in [0.2, 0.25) is 5.82 Å². The van der Waals surface area contributed by atoms with Crippen molar-refractivity contribution >= 4 is 5.97 Å². The van der Waals surface area contributed by atoms with Gasteiger partial charge in [0.15, 0.2) is 11.6 Å². The van der Waals surface area contributed by atoms with Crippen molar-refractivity contribution in [3.8, 4) is 5.75 Å². The van der Waals surface area contributed by atoms with Gasteiger partial charge in [0, 0.05) is 6.92 Å². The SMILES string of the molecule is CC(=O)Oc1ccc(C)c(F)c1F. The first kappa shape index (κ1) is 9.64. The standard InChI is InChI=1S/C9H8F2O2/c1-5-3-4-7(13-6(2)12)9(11)8(5)10/h3-4H,1-2H3. The van der Waals surface area contributed by atoms with Crippen molar-refractivity contribution in [2.24, 2.45) is 0 Å². The second-order valence-corrected chi connectivity index (χ2v) is 2.60. The summed E-state index contributed by atoms with van der Waals surface area (Å²) in [4.78, 5) is 10.5. The molecule has 70 valence electrons. The maximum Gasteiger partial charge on any atom is 0.308 e. The lowest BCUT2D eigenvalue weighted by molar-refractivity contribution is -0.132. The van der Waals surface area contributed by atoms with Crippen LogP contribution < -0.4 is 4.74 Å². The predicted molar refractivity (Wildman–Crippen MR) is 42.4 cm³/mol. The zero-order valence-electron chi connectivity index (χ0n) is 7.23. The van der Waals surface area contributed by atoms with E-state index in [0.717, 1.165) is 6.92 Å². The molecule has 0 aliphatic rings. The Labute approximate surface area is 74.1 Å². The maximum atomic E-state index is 13.0. The summed E-state index contributed by atoms with van der Waals surface area (Å²) in [5.41, 5.74) is 0.174. The van der Waals surface area contributed by atoms with Crippen molar-refractivity contribution < 1.29 is 18.3 Å². The van der Waals surface area contributed by atoms with E-state index in [9.17, 15) is 13.6 Å². The number of carbonyl (C=O) groups is 1. The van der Waals surface area contributed by atoms with Gasteiger partial charge >= 0.3 is 5.97 Å². The zero-order valence-corrected chi connectivity index (χ0v) is 7.23. The fourth-order valence-electron chi connectivity index (χ4n) is 0.862. The molecule has 0 radical (unpaired) electrons. The van der Waals surface area contributed by atoms with Gasteiger partial charge in [0.05, 0.1) is 0 Å². The summed E-state index contributed by atoms with van der Waals surface area (Å²) in [7, 11) is 0. The number of hydrogen-bond acceptors (Lipinski definition) is 2. The van der Waals surface area contributed by atoms with Crippen molar-refractivity contribution in [1.82, 2.24) is 0 Å². The molecule has 2 nitrogen and oxygen atoms in total. The number of rotatable bonds is 1. The van der Waals surface area contributed by atoms with E-state index in [0.29, 0.717) is 0 Å². The number of hydrogen-bond donors (Lipinski definition) is 0. The van der Waals surface area contributed by atoms with Crippen LogP contribution in [0.5, 0.6) is 5.75 Å². The monoisotopic (exact) mass is 186 g/mol. The first-order valence-corrected chi connectivity index (χ1v) is 3.65. The molecule has 13 heavy (non-hydrogen) atoms. The highest BCUT2D eigenvalue weighted by Gasteiger charge is 2.12. The summed E-state index contributed by atoms with van der Waals surface area (Å²) in [6.07, 6.45) is 0. The molecule has 0 saturated carbocycles. The van der Waals surface area contributed by atoms with Gasteiger partial charge in [-0.1, -0.05) is 6.07 Å². The predicted octanol–water partition coefficient (Wildman–Crippen LogP) is 2.20. The normalized spacial score (nSPS) is 9.85. The number of halogens is 2. The second kappa shape index (κ2) is 3.51. The Balaban J connectivity index is 3.10. The fraction of sp³-hybridized carbons (Fsp3) is 0.222. The Hall–Kier alpha value is -1.45. The van der Waals surface area contributed by atoms with Crippen LogP contribution >= 0.6 is 0 Å². The van der Waals surface area contributed by atoms with E-state index in [2.05, 4.69) is 4.74 Å². The Bertz CT molecular complexity index is 348. The van der Waals surface area contributed by atoms with Crippen LogP contribution in [-0.4, -0.2) is 5.97 Å². The molecule has 0 atom stereocenters. The van der Waals surface area contributed by atoms with Crippen molar-refractivity contribution in [2.75, 3.05) is 0 Å². The van der Waals surface area contributed by atoms with Crippen LogP contribution in [0.2, 0.25) is 0 Å². The van der Waals surface area contributed by atoms with Crippen LogP contribution in [0.1, 0.15) is 12.5 Å². The van der Waals surface area contributed by atoms with E-state index in [-0.39, 0.29) is 11.3 Å². The molecule has 0 fully saturated rings. The molecule has 1 aromatic carbocycles. The summed E-state index contributed by atoms with van der Waals surface area (Å²) in [5.74, 6) is -3.17. The van der Waals surface area contributed by atoms with Gasteiger partial charge < -0.3 is 4.74 Å². The van der Waals surface area contributed by atoms with Gasteiger partial charge in [-0.25, -0.2) is 4.39 Å². The lowest BCUT2D eigenvalue weighted by atomic mass is 10.2. The molecule has 0 bridgehead atoms. The van der Waals surface area contributed by atoms with Crippen molar-refractivity contribution in [2.45, 2.75) is 13.8 Å². The largest absolute Gasteiger partial charge is 0.423 e. The number of ether oxygens (including phenoxy) is 1. The summed E-state index contributed by atoms with van der Waals surface area (Å²) in [5, 5.41) is 0. The highest BCUT2D eigenvalue weighted by Crippen LogP contribution is 2.22. The minimum atomic E-state index is -1.13. The molecule has 1 rings (SSSR count). The van der Waals surface area contributed by atoms with Crippen LogP contribution in [0.25, 0.3) is 0 Å². The third-order valence-corrected chi connectivity index (χ3v) is 1.49. The third kappa shape index (κ3) is 2.02. The summed E-state index contributed by atoms with van der Waals surface area (Å²) >= 11 is 0. The number of aryl methyl sites for hydroxylation is 1. The number of carbonyl (C=O) groups excluding carboxylic acids is 1. The fourth-order valence-corrected chi connectivity index (χ4v) is 0.862. The van der Waals surface area contributed by atoms with E-state index in [1.165, 1.54) is 19.1 Å². The molecule has 0 N–H and O–H groups in total. The minimum Gasteiger partial charge on any atom is -0.423 e. The Morgan fingerprint density at radius 3 is 2.46 bits per heavy atom. The Kier molecular flexibility index (Phi) is 2.60. The molecular weight excluding hydrogens is 178 g/mol. The van der Waals surface area contributed by atoms with E-state index >= 15 is 0 Å². The topological polar surface area (TPSA) is 26.3 Å². The van der Waals surface area contributed by atoms with E-state index in [1.54, 1.807) is 0 Å². The molecule has 0 aliphatic carbocycles. The van der Waals surface area contributed by atoms with E-state index in [4.69, 9.17) is 0 Å². The molecule has 0 saturated heterocycles. The van der Waals surface area contributed by atoms with Gasteiger partial charge in [0.1, 0.15) is 0 Å². The van der Waals surface area contributed by atoms with Crippen molar-refractivity contribution in [3.05, 3.63) is 29.3 Å². The van der Waals surface area contributed by atoms with Crippen LogP contribution in [0.3, 0.4) is 0 Å². The zero-order chi connectivity index (χ0) is 10.0. The van der Waals surface area contributed by atoms with Crippen LogP contribution in [0.15, 0.2) is 12.1 Å². The van der Waals surface area contributed by atoms with Gasteiger partial charge in [0.25, 0.3) is 0 Å². The molecule has 0 spiro atoms.